The number of amides is 2. The van der Waals surface area contributed by atoms with E-state index in [1.165, 1.54) is 16.0 Å². The lowest BCUT2D eigenvalue weighted by atomic mass is 9.78. The Bertz CT molecular complexity index is 544. The first-order valence-corrected chi connectivity index (χ1v) is 7.02. The molecule has 3 rings (SSSR count). The number of fused-ring (bicyclic) bond motifs is 1. The molecule has 2 atom stereocenters. The molecule has 1 unspecified atom stereocenters. The number of likely N-dealkylation sites (tertiary alicyclic amines) is 1. The van der Waals surface area contributed by atoms with E-state index in [-0.39, 0.29) is 6.03 Å². The highest BCUT2D eigenvalue weighted by atomic mass is 16.4. The van der Waals surface area contributed by atoms with Gasteiger partial charge in [0.1, 0.15) is 6.04 Å². The van der Waals surface area contributed by atoms with Crippen LogP contribution in [0.4, 0.5) is 4.79 Å². The Hall–Kier alpha value is -2.04. The van der Waals surface area contributed by atoms with E-state index >= 15 is 0 Å². The van der Waals surface area contributed by atoms with Crippen LogP contribution >= 0.6 is 0 Å². The molecule has 0 bridgehead atoms. The molecule has 1 saturated heterocycles. The van der Waals surface area contributed by atoms with Gasteiger partial charge in [0.05, 0.1) is 0 Å². The molecular formula is C15H18N2O3. The van der Waals surface area contributed by atoms with Gasteiger partial charge in [-0.1, -0.05) is 24.3 Å². The SMILES string of the molecule is O=C(O)[C@@H]1CCCN1C(=O)NCC1Cc2ccccc21. The Morgan fingerprint density at radius 2 is 2.15 bits per heavy atom. The molecule has 2 aliphatic rings. The Morgan fingerprint density at radius 3 is 2.90 bits per heavy atom. The summed E-state index contributed by atoms with van der Waals surface area (Å²) >= 11 is 0. The van der Waals surface area contributed by atoms with E-state index < -0.39 is 12.0 Å². The highest BCUT2D eigenvalue weighted by molar-refractivity contribution is 5.83. The van der Waals surface area contributed by atoms with Crippen LogP contribution in [0.5, 0.6) is 0 Å². The van der Waals surface area contributed by atoms with E-state index in [0.717, 1.165) is 12.8 Å². The number of hydrogen-bond donors (Lipinski definition) is 2. The molecule has 0 saturated carbocycles. The maximum Gasteiger partial charge on any atom is 0.326 e. The molecule has 1 heterocycles. The lowest BCUT2D eigenvalue weighted by Crippen LogP contribution is -2.47. The van der Waals surface area contributed by atoms with Crippen molar-refractivity contribution in [3.05, 3.63) is 35.4 Å². The Labute approximate surface area is 117 Å². The van der Waals surface area contributed by atoms with Crippen LogP contribution in [0.15, 0.2) is 24.3 Å². The summed E-state index contributed by atoms with van der Waals surface area (Å²) in [6, 6.07) is 7.31. The molecule has 1 aliphatic carbocycles. The molecule has 20 heavy (non-hydrogen) atoms. The van der Waals surface area contributed by atoms with Crippen molar-refractivity contribution in [1.82, 2.24) is 10.2 Å². The van der Waals surface area contributed by atoms with Crippen LogP contribution in [-0.2, 0) is 11.2 Å². The van der Waals surface area contributed by atoms with Gasteiger partial charge in [-0.05, 0) is 30.4 Å². The fourth-order valence-corrected chi connectivity index (χ4v) is 3.12. The van der Waals surface area contributed by atoms with E-state index in [1.54, 1.807) is 0 Å². The summed E-state index contributed by atoms with van der Waals surface area (Å²) < 4.78 is 0. The van der Waals surface area contributed by atoms with Gasteiger partial charge < -0.3 is 15.3 Å². The van der Waals surface area contributed by atoms with Gasteiger partial charge in [0.25, 0.3) is 0 Å². The maximum absolute atomic E-state index is 12.1. The third-order valence-electron chi connectivity index (χ3n) is 4.26. The number of nitrogens with zero attached hydrogens (tertiary/aromatic N) is 1. The third-order valence-corrected chi connectivity index (χ3v) is 4.26. The maximum atomic E-state index is 12.1. The van der Waals surface area contributed by atoms with Gasteiger partial charge in [0.15, 0.2) is 0 Å². The number of carbonyl (C=O) groups excluding carboxylic acids is 1. The quantitative estimate of drug-likeness (QED) is 0.879. The fourth-order valence-electron chi connectivity index (χ4n) is 3.12. The van der Waals surface area contributed by atoms with Crippen LogP contribution in [0.1, 0.15) is 29.9 Å². The molecule has 2 N–H and O–H groups in total. The van der Waals surface area contributed by atoms with E-state index in [9.17, 15) is 9.59 Å². The van der Waals surface area contributed by atoms with Crippen LogP contribution in [-0.4, -0.2) is 41.1 Å². The second-order valence-electron chi connectivity index (χ2n) is 5.48. The zero-order valence-electron chi connectivity index (χ0n) is 11.2. The van der Waals surface area contributed by atoms with Crippen LogP contribution in [0.2, 0.25) is 0 Å². The normalized spacial score (nSPS) is 23.9. The van der Waals surface area contributed by atoms with E-state index in [4.69, 9.17) is 5.11 Å². The molecule has 1 aromatic carbocycles. The number of nitrogens with one attached hydrogen (secondary N) is 1. The number of carbonyl (C=O) groups is 2. The number of benzene rings is 1. The van der Waals surface area contributed by atoms with Gasteiger partial charge in [-0.25, -0.2) is 9.59 Å². The summed E-state index contributed by atoms with van der Waals surface area (Å²) in [5, 5.41) is 12.0. The van der Waals surface area contributed by atoms with Crippen LogP contribution in [0, 0.1) is 0 Å². The monoisotopic (exact) mass is 274 g/mol. The second-order valence-corrected chi connectivity index (χ2v) is 5.48. The summed E-state index contributed by atoms with van der Waals surface area (Å²) in [4.78, 5) is 24.6. The third kappa shape index (κ3) is 2.24. The van der Waals surface area contributed by atoms with Gasteiger partial charge in [-0.2, -0.15) is 0 Å². The predicted molar refractivity (Wildman–Crippen MR) is 73.6 cm³/mol. The number of rotatable bonds is 3. The largest absolute Gasteiger partial charge is 0.480 e. The van der Waals surface area contributed by atoms with Gasteiger partial charge in [-0.15, -0.1) is 0 Å². The number of urea groups is 1. The van der Waals surface area contributed by atoms with Gasteiger partial charge in [0.2, 0.25) is 0 Å². The summed E-state index contributed by atoms with van der Waals surface area (Å²) in [7, 11) is 0. The van der Waals surface area contributed by atoms with Crippen molar-refractivity contribution in [1.29, 1.82) is 0 Å². The number of carboxylic acid groups (broad SMARTS) is 1. The summed E-state index contributed by atoms with van der Waals surface area (Å²) in [6.07, 6.45) is 2.30. The summed E-state index contributed by atoms with van der Waals surface area (Å²) in [5.74, 6) is -0.548. The second kappa shape index (κ2) is 5.15. The molecule has 5 nitrogen and oxygen atoms in total. The topological polar surface area (TPSA) is 69.6 Å². The van der Waals surface area contributed by atoms with Crippen molar-refractivity contribution in [2.75, 3.05) is 13.1 Å². The molecule has 106 valence electrons. The molecule has 5 heteroatoms. The van der Waals surface area contributed by atoms with Crippen molar-refractivity contribution in [3.63, 3.8) is 0 Å². The zero-order chi connectivity index (χ0) is 14.1. The van der Waals surface area contributed by atoms with Crippen molar-refractivity contribution in [2.24, 2.45) is 0 Å². The zero-order valence-corrected chi connectivity index (χ0v) is 11.2. The van der Waals surface area contributed by atoms with Crippen molar-refractivity contribution in [2.45, 2.75) is 31.2 Å². The molecule has 1 aromatic rings. The van der Waals surface area contributed by atoms with Gasteiger partial charge in [0, 0.05) is 19.0 Å². The van der Waals surface area contributed by atoms with E-state index in [1.807, 2.05) is 12.1 Å². The molecule has 0 spiro atoms. The van der Waals surface area contributed by atoms with Crippen LogP contribution in [0.3, 0.4) is 0 Å². The summed E-state index contributed by atoms with van der Waals surface area (Å²) in [5.41, 5.74) is 2.64. The van der Waals surface area contributed by atoms with E-state index in [0.29, 0.717) is 25.4 Å². The average Bonchev–Trinajstić information content (AvgIpc) is 2.89. The molecule has 0 aromatic heterocycles. The highest BCUT2D eigenvalue weighted by Gasteiger charge is 2.34. The summed E-state index contributed by atoms with van der Waals surface area (Å²) in [6.45, 7) is 1.11. The van der Waals surface area contributed by atoms with Gasteiger partial charge in [-0.3, -0.25) is 0 Å². The van der Waals surface area contributed by atoms with E-state index in [2.05, 4.69) is 17.4 Å². The van der Waals surface area contributed by atoms with Crippen LogP contribution in [0.25, 0.3) is 0 Å². The number of aliphatic carboxylic acids is 1. The molecule has 2 amide bonds. The Morgan fingerprint density at radius 1 is 1.35 bits per heavy atom. The number of hydrogen-bond acceptors (Lipinski definition) is 2. The molecule has 1 aliphatic heterocycles. The minimum absolute atomic E-state index is 0.251. The lowest BCUT2D eigenvalue weighted by molar-refractivity contribution is -0.141. The smallest absolute Gasteiger partial charge is 0.326 e. The minimum Gasteiger partial charge on any atom is -0.480 e. The molecule has 0 radical (unpaired) electrons. The Balaban J connectivity index is 1.55. The van der Waals surface area contributed by atoms with Crippen LogP contribution < -0.4 is 5.32 Å². The minimum atomic E-state index is -0.911. The average molecular weight is 274 g/mol. The molecular weight excluding hydrogens is 256 g/mol. The first kappa shape index (κ1) is 13.0. The van der Waals surface area contributed by atoms with Crippen molar-refractivity contribution in [3.8, 4) is 0 Å². The van der Waals surface area contributed by atoms with Crippen molar-refractivity contribution < 1.29 is 14.7 Å². The number of carboxylic acids is 1. The first-order valence-electron chi connectivity index (χ1n) is 7.02. The highest BCUT2D eigenvalue weighted by Crippen LogP contribution is 2.34. The van der Waals surface area contributed by atoms with Gasteiger partial charge >= 0.3 is 12.0 Å². The fraction of sp³-hybridized carbons (Fsp3) is 0.467. The lowest BCUT2D eigenvalue weighted by Gasteiger charge is -2.31. The predicted octanol–water partition coefficient (Wildman–Crippen LogP) is 1.58. The Kier molecular flexibility index (Phi) is 3.34. The first-order chi connectivity index (χ1) is 9.66. The van der Waals surface area contributed by atoms with Crippen molar-refractivity contribution >= 4 is 12.0 Å². The molecule has 1 fully saturated rings. The standard InChI is InChI=1S/C15H18N2O3/c18-14(19)13-6-3-7-17(13)15(20)16-9-11-8-10-4-1-2-5-12(10)11/h1-2,4-5,11,13H,3,6-9H2,(H,16,20)(H,18,19)/t11?,13-/m0/s1.